The minimum atomic E-state index is -0.416. The Morgan fingerprint density at radius 2 is 2.32 bits per heavy atom. The van der Waals surface area contributed by atoms with Gasteiger partial charge in [-0.3, -0.25) is 4.79 Å². The summed E-state index contributed by atoms with van der Waals surface area (Å²) in [5.41, 5.74) is 2.67. The summed E-state index contributed by atoms with van der Waals surface area (Å²) in [6, 6.07) is 7.69. The number of nitrogens with zero attached hydrogens (tertiary/aromatic N) is 1. The van der Waals surface area contributed by atoms with Gasteiger partial charge in [0.05, 0.1) is 19.6 Å². The average molecular weight is 260 g/mol. The largest absolute Gasteiger partial charge is 0.504 e. The van der Waals surface area contributed by atoms with Crippen molar-refractivity contribution < 1.29 is 19.1 Å². The first-order valence-corrected chi connectivity index (χ1v) is 5.44. The topological polar surface area (TPSA) is 84.1 Å². The second kappa shape index (κ2) is 5.72. The molecular weight excluding hydrogens is 248 g/mol. The number of hydrazone groups is 1. The van der Waals surface area contributed by atoms with Crippen LogP contribution in [0.25, 0.3) is 0 Å². The lowest BCUT2D eigenvalue weighted by Crippen LogP contribution is -2.17. The lowest BCUT2D eigenvalue weighted by atomic mass is 10.2. The Hall–Kier alpha value is -2.76. The van der Waals surface area contributed by atoms with Gasteiger partial charge in [0.15, 0.2) is 11.5 Å². The van der Waals surface area contributed by atoms with Crippen LogP contribution < -0.4 is 10.2 Å². The Balaban J connectivity index is 2.04. The molecule has 0 aliphatic carbocycles. The normalized spacial score (nSPS) is 10.6. The molecule has 1 aromatic carbocycles. The van der Waals surface area contributed by atoms with Gasteiger partial charge in [-0.15, -0.1) is 0 Å². The van der Waals surface area contributed by atoms with Crippen LogP contribution in [0.4, 0.5) is 0 Å². The van der Waals surface area contributed by atoms with E-state index in [1.807, 2.05) is 0 Å². The van der Waals surface area contributed by atoms with Crippen molar-refractivity contribution in [1.82, 2.24) is 5.43 Å². The maximum atomic E-state index is 11.8. The number of carbonyl (C=O) groups excluding carboxylic acids is 1. The summed E-state index contributed by atoms with van der Waals surface area (Å²) in [6.07, 6.45) is 2.89. The molecule has 6 heteroatoms. The second-order valence-electron chi connectivity index (χ2n) is 3.60. The number of nitrogens with one attached hydrogen (secondary N) is 1. The molecule has 0 atom stereocenters. The van der Waals surface area contributed by atoms with Crippen LogP contribution >= 0.6 is 0 Å². The van der Waals surface area contributed by atoms with Crippen LogP contribution in [0.15, 0.2) is 46.1 Å². The number of hydrogen-bond donors (Lipinski definition) is 2. The van der Waals surface area contributed by atoms with E-state index in [1.54, 1.807) is 12.1 Å². The fourth-order valence-electron chi connectivity index (χ4n) is 1.40. The van der Waals surface area contributed by atoms with Gasteiger partial charge in [-0.1, -0.05) is 0 Å². The maximum absolute atomic E-state index is 11.8. The monoisotopic (exact) mass is 260 g/mol. The molecule has 0 radical (unpaired) electrons. The molecule has 0 fully saturated rings. The molecule has 2 aromatic rings. The van der Waals surface area contributed by atoms with E-state index in [1.165, 1.54) is 37.8 Å². The molecular formula is C13H12N2O4. The number of benzene rings is 1. The van der Waals surface area contributed by atoms with Crippen molar-refractivity contribution in [3.8, 4) is 11.5 Å². The number of furan rings is 1. The summed E-state index contributed by atoms with van der Waals surface area (Å²) < 4.78 is 9.94. The average Bonchev–Trinajstić information content (AvgIpc) is 2.92. The molecule has 6 nitrogen and oxygen atoms in total. The molecule has 0 aliphatic heterocycles. The smallest absolute Gasteiger partial charge is 0.271 e. The van der Waals surface area contributed by atoms with Crippen molar-refractivity contribution in [2.24, 2.45) is 5.10 Å². The maximum Gasteiger partial charge on any atom is 0.271 e. The third-order valence-corrected chi connectivity index (χ3v) is 2.34. The highest BCUT2D eigenvalue weighted by molar-refractivity contribution is 5.95. The lowest BCUT2D eigenvalue weighted by Gasteiger charge is -2.05. The lowest BCUT2D eigenvalue weighted by molar-refractivity contribution is 0.0954. The van der Waals surface area contributed by atoms with Gasteiger partial charge >= 0.3 is 0 Å². The van der Waals surface area contributed by atoms with Gasteiger partial charge in [-0.25, -0.2) is 5.43 Å². The fourth-order valence-corrected chi connectivity index (χ4v) is 1.40. The zero-order valence-corrected chi connectivity index (χ0v) is 10.2. The van der Waals surface area contributed by atoms with Crippen molar-refractivity contribution >= 4 is 12.1 Å². The van der Waals surface area contributed by atoms with Crippen LogP contribution in [-0.4, -0.2) is 24.3 Å². The highest BCUT2D eigenvalue weighted by atomic mass is 16.5. The first-order chi connectivity index (χ1) is 9.20. The van der Waals surface area contributed by atoms with Gasteiger partial charge in [-0.05, 0) is 30.3 Å². The van der Waals surface area contributed by atoms with E-state index < -0.39 is 5.91 Å². The number of carbonyl (C=O) groups is 1. The standard InChI is InChI=1S/C13H12N2O4/c1-18-12-7-9(4-5-11(12)16)13(17)15-14-8-10-3-2-6-19-10/h2-8,16H,1H3,(H,15,17). The number of amides is 1. The van der Waals surface area contributed by atoms with E-state index in [0.717, 1.165) is 0 Å². The van der Waals surface area contributed by atoms with Crippen molar-refractivity contribution in [2.45, 2.75) is 0 Å². The Bertz CT molecular complexity index is 591. The Morgan fingerprint density at radius 1 is 1.47 bits per heavy atom. The summed E-state index contributed by atoms with van der Waals surface area (Å²) in [6.45, 7) is 0. The molecule has 0 saturated carbocycles. The SMILES string of the molecule is COc1cc(C(=O)NN=Cc2ccco2)ccc1O. The van der Waals surface area contributed by atoms with E-state index in [0.29, 0.717) is 11.3 Å². The summed E-state index contributed by atoms with van der Waals surface area (Å²) >= 11 is 0. The number of hydrogen-bond acceptors (Lipinski definition) is 5. The van der Waals surface area contributed by atoms with Gasteiger partial charge < -0.3 is 14.3 Å². The Labute approximate surface area is 109 Å². The molecule has 0 spiro atoms. The predicted molar refractivity (Wildman–Crippen MR) is 68.4 cm³/mol. The van der Waals surface area contributed by atoms with Crippen molar-refractivity contribution in [1.29, 1.82) is 0 Å². The summed E-state index contributed by atoms with van der Waals surface area (Å²) in [4.78, 5) is 11.8. The number of aromatic hydroxyl groups is 1. The summed E-state index contributed by atoms with van der Waals surface area (Å²) in [5.74, 6) is 0.311. The van der Waals surface area contributed by atoms with Crippen LogP contribution in [0.5, 0.6) is 11.5 Å². The highest BCUT2D eigenvalue weighted by Gasteiger charge is 2.08. The van der Waals surface area contributed by atoms with Gasteiger partial charge in [-0.2, -0.15) is 5.10 Å². The summed E-state index contributed by atoms with van der Waals surface area (Å²) in [5, 5.41) is 13.2. The molecule has 98 valence electrons. The van der Waals surface area contributed by atoms with Crippen LogP contribution in [0.1, 0.15) is 16.1 Å². The van der Waals surface area contributed by atoms with E-state index in [2.05, 4.69) is 10.5 Å². The minimum absolute atomic E-state index is 0.0295. The molecule has 2 rings (SSSR count). The van der Waals surface area contributed by atoms with E-state index in [9.17, 15) is 9.90 Å². The van der Waals surface area contributed by atoms with E-state index in [4.69, 9.17) is 9.15 Å². The second-order valence-corrected chi connectivity index (χ2v) is 3.60. The molecule has 0 bridgehead atoms. The third-order valence-electron chi connectivity index (χ3n) is 2.34. The van der Waals surface area contributed by atoms with E-state index in [-0.39, 0.29) is 11.5 Å². The van der Waals surface area contributed by atoms with Crippen LogP contribution in [0.3, 0.4) is 0 Å². The Morgan fingerprint density at radius 3 is 3.00 bits per heavy atom. The summed E-state index contributed by atoms with van der Waals surface area (Å²) in [7, 11) is 1.41. The number of methoxy groups -OCH3 is 1. The molecule has 1 heterocycles. The number of ether oxygens (including phenoxy) is 1. The third kappa shape index (κ3) is 3.12. The van der Waals surface area contributed by atoms with Crippen molar-refractivity contribution in [2.75, 3.05) is 7.11 Å². The van der Waals surface area contributed by atoms with Gasteiger partial charge in [0.25, 0.3) is 5.91 Å². The first kappa shape index (κ1) is 12.7. The van der Waals surface area contributed by atoms with Crippen LogP contribution in [0, 0.1) is 0 Å². The zero-order valence-electron chi connectivity index (χ0n) is 10.2. The first-order valence-electron chi connectivity index (χ1n) is 5.44. The van der Waals surface area contributed by atoms with Crippen molar-refractivity contribution in [3.63, 3.8) is 0 Å². The van der Waals surface area contributed by atoms with Crippen LogP contribution in [0.2, 0.25) is 0 Å². The van der Waals surface area contributed by atoms with Gasteiger partial charge in [0.1, 0.15) is 5.76 Å². The molecule has 0 saturated heterocycles. The minimum Gasteiger partial charge on any atom is -0.504 e. The molecule has 0 unspecified atom stereocenters. The van der Waals surface area contributed by atoms with Crippen molar-refractivity contribution in [3.05, 3.63) is 47.9 Å². The Kier molecular flexibility index (Phi) is 3.82. The molecule has 19 heavy (non-hydrogen) atoms. The number of phenols is 1. The quantitative estimate of drug-likeness (QED) is 0.648. The molecule has 0 aliphatic rings. The van der Waals surface area contributed by atoms with E-state index >= 15 is 0 Å². The van der Waals surface area contributed by atoms with Crippen LogP contribution in [-0.2, 0) is 0 Å². The van der Waals surface area contributed by atoms with Gasteiger partial charge in [0.2, 0.25) is 0 Å². The van der Waals surface area contributed by atoms with Gasteiger partial charge in [0, 0.05) is 5.56 Å². The highest BCUT2D eigenvalue weighted by Crippen LogP contribution is 2.26. The number of rotatable bonds is 4. The molecule has 2 N–H and O–H groups in total. The molecule has 1 amide bonds. The fraction of sp³-hybridized carbons (Fsp3) is 0.0769. The zero-order chi connectivity index (χ0) is 13.7. The molecule has 1 aromatic heterocycles. The number of phenolic OH excluding ortho intramolecular Hbond substituents is 1. The predicted octanol–water partition coefficient (Wildman–Crippen LogP) is 1.76.